The SMILES string of the molecule is CC[C@H](C)[C@@H]1NC(=O)[C@H](C)N(C)C(=O)C[C@@H](C(=O)N2CCCCC2)N(C)C(=O)[C@H](C(C)C)N(C)C(=O)C2(CCCC2)NC(=O)[C@H](CCN2CCCC(F)(F)C2)N(C)C(=O)[C@H](CCc2ccc(C(F)(F)F)c(Cl)c2)NC(=O)CN(C)C(=O)[C@H](CC2CCCCC2)N(C)C(=O)[C@@H]2CCN2C(=O)[C@H](C)N(C)C1=O. The fourth-order valence-electron chi connectivity index (χ4n) is 15.8. The number of halogens is 6. The number of likely N-dealkylation sites (N-methyl/N-ethyl adjacent to an activating group) is 7. The van der Waals surface area contributed by atoms with E-state index < -0.39 is 185 Å². The van der Waals surface area contributed by atoms with E-state index in [4.69, 9.17) is 11.6 Å². The quantitative estimate of drug-likeness (QED) is 0.204. The van der Waals surface area contributed by atoms with E-state index in [1.165, 1.54) is 87.7 Å². The Hall–Kier alpha value is -7.24. The Morgan fingerprint density at radius 2 is 1.27 bits per heavy atom. The lowest BCUT2D eigenvalue weighted by Crippen LogP contribution is -2.65. The molecule has 3 N–H and O–H groups in total. The van der Waals surface area contributed by atoms with Crippen molar-refractivity contribution >= 4 is 82.5 Å². The molecule has 0 bridgehead atoms. The van der Waals surface area contributed by atoms with Crippen LogP contribution in [0.4, 0.5) is 22.0 Å². The standard InChI is InChI=1S/C74H113ClF5N13O12/c1-14-46(4)60-69(103)86(9)48(6)64(98)93-39-31-55(93)67(101)88(11)56(41-49-24-17-15-18-25-49)66(100)84(7)43-58(94)81-53(29-27-50-26-28-51(52(75)40-50)74(78,79)80)65(99)87(10)54(30-38-91-35-23-34-73(76,77)44-91)63(97)83-72(32-19-20-33-72)71(105)90(13)61(45(2)3)70(104)89(12)57(68(102)92-36-21-16-22-37-92)42-59(95)85(8)47(5)62(96)82-60/h26,28,40,45-49,53-57,60-61H,14-25,27,29-39,41-44H2,1-13H3,(H,81,94)(H,82,96)(H,83,97)/t46-,47-,48-,53-,54-,55-,56-,57-,60-,61-/m0/s1. The molecule has 4 aliphatic heterocycles. The molecule has 25 nitrogen and oxygen atoms in total. The first-order valence-corrected chi connectivity index (χ1v) is 37.9. The number of benzene rings is 1. The van der Waals surface area contributed by atoms with Crippen molar-refractivity contribution in [2.45, 2.75) is 248 Å². The molecule has 6 fully saturated rings. The van der Waals surface area contributed by atoms with Crippen molar-refractivity contribution < 1.29 is 79.5 Å². The molecule has 0 radical (unpaired) electrons. The molecule has 1 aromatic rings. The van der Waals surface area contributed by atoms with Gasteiger partial charge in [-0.25, -0.2) is 8.78 Å². The highest BCUT2D eigenvalue weighted by Crippen LogP contribution is 2.38. The maximum atomic E-state index is 15.6. The summed E-state index contributed by atoms with van der Waals surface area (Å²) in [6.45, 7) is 9.29. The highest BCUT2D eigenvalue weighted by Gasteiger charge is 2.51. The molecule has 12 amide bonds. The summed E-state index contributed by atoms with van der Waals surface area (Å²) in [5, 5.41) is 7.86. The Balaban J connectivity index is 1.31. The first-order valence-electron chi connectivity index (χ1n) is 37.6. The largest absolute Gasteiger partial charge is 0.417 e. The number of carbonyl (C=O) groups is 12. The number of carbonyl (C=O) groups excluding carboxylic acids is 12. The van der Waals surface area contributed by atoms with Crippen molar-refractivity contribution in [3.05, 3.63) is 34.3 Å². The fourth-order valence-corrected chi connectivity index (χ4v) is 16.1. The zero-order valence-corrected chi connectivity index (χ0v) is 64.4. The van der Waals surface area contributed by atoms with Crippen LogP contribution in [0, 0.1) is 17.8 Å². The lowest BCUT2D eigenvalue weighted by molar-refractivity contribution is -0.160. The molecule has 7 rings (SSSR count). The topological polar surface area (TPSA) is 273 Å². The van der Waals surface area contributed by atoms with Crippen molar-refractivity contribution in [3.8, 4) is 0 Å². The monoisotopic (exact) mass is 1510 g/mol. The van der Waals surface area contributed by atoms with Crippen LogP contribution in [0.25, 0.3) is 0 Å². The van der Waals surface area contributed by atoms with Crippen LogP contribution in [0.1, 0.15) is 181 Å². The molecule has 588 valence electrons. The number of fused-ring (bicyclic) bond motifs is 1. The van der Waals surface area contributed by atoms with Gasteiger partial charge in [0.15, 0.2) is 0 Å². The Morgan fingerprint density at radius 1 is 0.638 bits per heavy atom. The molecule has 6 aliphatic rings. The maximum absolute atomic E-state index is 15.6. The van der Waals surface area contributed by atoms with Gasteiger partial charge in [-0.05, 0) is 126 Å². The molecule has 4 saturated heterocycles. The summed E-state index contributed by atoms with van der Waals surface area (Å²) < 4.78 is 72.1. The van der Waals surface area contributed by atoms with E-state index in [2.05, 4.69) is 16.0 Å². The third kappa shape index (κ3) is 20.7. The van der Waals surface area contributed by atoms with Crippen molar-refractivity contribution in [1.29, 1.82) is 0 Å². The van der Waals surface area contributed by atoms with Gasteiger partial charge in [0.1, 0.15) is 59.9 Å². The van der Waals surface area contributed by atoms with Gasteiger partial charge in [0.25, 0.3) is 5.92 Å². The first-order chi connectivity index (χ1) is 49.3. The van der Waals surface area contributed by atoms with Crippen molar-refractivity contribution in [3.63, 3.8) is 0 Å². The van der Waals surface area contributed by atoms with E-state index in [1.54, 1.807) is 25.7 Å². The van der Waals surface area contributed by atoms with Crippen LogP contribution >= 0.6 is 11.6 Å². The van der Waals surface area contributed by atoms with Crippen molar-refractivity contribution in [1.82, 2.24) is 64.9 Å². The molecule has 10 atom stereocenters. The van der Waals surface area contributed by atoms with Gasteiger partial charge in [-0.1, -0.05) is 96.7 Å². The highest BCUT2D eigenvalue weighted by atomic mass is 35.5. The average molecular weight is 1510 g/mol. The normalized spacial score (nSPS) is 28.1. The third-order valence-electron chi connectivity index (χ3n) is 23.1. The van der Waals surface area contributed by atoms with Crippen LogP contribution in [0.2, 0.25) is 5.02 Å². The summed E-state index contributed by atoms with van der Waals surface area (Å²) >= 11 is 6.18. The fraction of sp³-hybridized carbons (Fsp3) is 0.757. The molecular formula is C74H113ClF5N13O12. The van der Waals surface area contributed by atoms with Crippen LogP contribution in [0.5, 0.6) is 0 Å². The highest BCUT2D eigenvalue weighted by molar-refractivity contribution is 6.31. The molecule has 31 heteroatoms. The van der Waals surface area contributed by atoms with Gasteiger partial charge in [-0.2, -0.15) is 13.2 Å². The minimum atomic E-state index is -4.82. The van der Waals surface area contributed by atoms with E-state index in [0.29, 0.717) is 45.2 Å². The van der Waals surface area contributed by atoms with Gasteiger partial charge < -0.3 is 60.0 Å². The molecule has 1 spiro atoms. The molecule has 0 aromatic heterocycles. The van der Waals surface area contributed by atoms with Crippen LogP contribution in [-0.4, -0.2) is 281 Å². The average Bonchev–Trinajstić information content (AvgIpc) is 1.42. The van der Waals surface area contributed by atoms with E-state index in [9.17, 15) is 46.7 Å². The third-order valence-corrected chi connectivity index (χ3v) is 23.4. The predicted molar refractivity (Wildman–Crippen MR) is 382 cm³/mol. The van der Waals surface area contributed by atoms with Crippen LogP contribution in [-0.2, 0) is 70.1 Å². The van der Waals surface area contributed by atoms with Gasteiger partial charge in [-0.15, -0.1) is 0 Å². The van der Waals surface area contributed by atoms with E-state index >= 15 is 32.8 Å². The van der Waals surface area contributed by atoms with Gasteiger partial charge in [0.2, 0.25) is 70.9 Å². The Morgan fingerprint density at radius 3 is 1.85 bits per heavy atom. The van der Waals surface area contributed by atoms with Crippen molar-refractivity contribution in [2.24, 2.45) is 17.8 Å². The number of alkyl halides is 5. The summed E-state index contributed by atoms with van der Waals surface area (Å²) in [6, 6.07) is -8.94. The zero-order valence-electron chi connectivity index (χ0n) is 63.6. The summed E-state index contributed by atoms with van der Waals surface area (Å²) in [5.74, 6) is -13.0. The minimum Gasteiger partial charge on any atom is -0.343 e. The summed E-state index contributed by atoms with van der Waals surface area (Å²) in [4.78, 5) is 193. The van der Waals surface area contributed by atoms with E-state index in [1.807, 2.05) is 6.92 Å². The summed E-state index contributed by atoms with van der Waals surface area (Å²) in [7, 11) is 9.54. The predicted octanol–water partition coefficient (Wildman–Crippen LogP) is 5.96. The Kier molecular flexibility index (Phi) is 29.6. The minimum absolute atomic E-state index is 0.0245. The van der Waals surface area contributed by atoms with Gasteiger partial charge in [0.05, 0.1) is 30.1 Å². The number of likely N-dealkylation sites (tertiary alicyclic amines) is 2. The van der Waals surface area contributed by atoms with Crippen LogP contribution < -0.4 is 16.0 Å². The second-order valence-electron chi connectivity index (χ2n) is 30.8. The van der Waals surface area contributed by atoms with Gasteiger partial charge in [-0.3, -0.25) is 62.4 Å². The smallest absolute Gasteiger partial charge is 0.343 e. The molecule has 105 heavy (non-hydrogen) atoms. The van der Waals surface area contributed by atoms with Crippen LogP contribution in [0.3, 0.4) is 0 Å². The second kappa shape index (κ2) is 36.6. The van der Waals surface area contributed by atoms with Gasteiger partial charge >= 0.3 is 6.18 Å². The number of hydrogen-bond acceptors (Lipinski definition) is 13. The summed E-state index contributed by atoms with van der Waals surface area (Å²) in [6.07, 6.45) is 1.42. The number of piperidine rings is 2. The number of nitrogens with zero attached hydrogens (tertiary/aromatic N) is 10. The molecule has 2 saturated carbocycles. The first kappa shape index (κ1) is 85.0. The molecule has 1 aromatic carbocycles. The zero-order chi connectivity index (χ0) is 77.9. The molecule has 2 aliphatic carbocycles. The van der Waals surface area contributed by atoms with Crippen LogP contribution in [0.15, 0.2) is 18.2 Å². The lowest BCUT2D eigenvalue weighted by Gasteiger charge is -2.45. The number of hydrogen-bond donors (Lipinski definition) is 3. The number of nitrogens with one attached hydrogen (secondary N) is 3. The second-order valence-corrected chi connectivity index (χ2v) is 31.2. The number of amides is 12. The summed E-state index contributed by atoms with van der Waals surface area (Å²) in [5.41, 5.74) is -2.66. The molecule has 0 unspecified atom stereocenters. The van der Waals surface area contributed by atoms with E-state index in [0.717, 1.165) is 76.3 Å². The lowest BCUT2D eigenvalue weighted by atomic mass is 9.84. The maximum Gasteiger partial charge on any atom is 0.417 e. The molecule has 4 heterocycles. The van der Waals surface area contributed by atoms with Gasteiger partial charge in [0, 0.05) is 81.9 Å². The number of aryl methyl sites for hydroxylation is 1. The Labute approximate surface area is 620 Å². The van der Waals surface area contributed by atoms with Crippen molar-refractivity contribution in [2.75, 3.05) is 95.1 Å². The number of rotatable bonds is 12. The molecular weight excluding hydrogens is 1390 g/mol. The van der Waals surface area contributed by atoms with E-state index in [-0.39, 0.29) is 88.9 Å². The Bertz CT molecular complexity index is 3310.